The lowest BCUT2D eigenvalue weighted by molar-refractivity contribution is -0.203. The molecular weight excluding hydrogens is 464 g/mol. The van der Waals surface area contributed by atoms with Gasteiger partial charge in [0.25, 0.3) is 0 Å². The van der Waals surface area contributed by atoms with E-state index in [0.717, 1.165) is 0 Å². The lowest BCUT2D eigenvalue weighted by atomic mass is 9.40. The Hall–Kier alpha value is -3.52. The molecule has 1 aliphatic heterocycles. The Labute approximate surface area is 210 Å². The van der Waals surface area contributed by atoms with Gasteiger partial charge >= 0.3 is 5.97 Å². The second-order valence-corrected chi connectivity index (χ2v) is 9.93. The molecule has 4 rings (SSSR count). The van der Waals surface area contributed by atoms with Crippen LogP contribution in [0.25, 0.3) is 0 Å². The summed E-state index contributed by atoms with van der Waals surface area (Å²) in [5.41, 5.74) is -6.53. The highest BCUT2D eigenvalue weighted by atomic mass is 16.6. The van der Waals surface area contributed by atoms with E-state index in [1.807, 2.05) is 0 Å². The first-order chi connectivity index (χ1) is 16.7. The van der Waals surface area contributed by atoms with Crippen molar-refractivity contribution in [3.05, 3.63) is 71.3 Å². The van der Waals surface area contributed by atoms with E-state index in [4.69, 9.17) is 4.74 Å². The number of ketones is 3. The number of aliphatic hydroxyl groups is 3. The van der Waals surface area contributed by atoms with Gasteiger partial charge < -0.3 is 20.1 Å². The molecule has 0 aromatic rings. The van der Waals surface area contributed by atoms with Crippen molar-refractivity contribution in [3.8, 4) is 0 Å². The minimum Gasteiger partial charge on any atom is -0.508 e. The number of carbonyl (C=O) groups excluding carboxylic acids is 4. The molecule has 3 aliphatic carbocycles. The van der Waals surface area contributed by atoms with Crippen molar-refractivity contribution in [1.29, 1.82) is 0 Å². The van der Waals surface area contributed by atoms with E-state index in [9.17, 15) is 34.5 Å². The van der Waals surface area contributed by atoms with Crippen molar-refractivity contribution in [1.82, 2.24) is 0 Å². The predicted molar refractivity (Wildman–Crippen MR) is 132 cm³/mol. The highest BCUT2D eigenvalue weighted by molar-refractivity contribution is 6.24. The van der Waals surface area contributed by atoms with Gasteiger partial charge in [0.05, 0.1) is 5.57 Å². The number of ether oxygens (including phenoxy) is 1. The van der Waals surface area contributed by atoms with E-state index in [-0.39, 0.29) is 11.1 Å². The summed E-state index contributed by atoms with van der Waals surface area (Å²) in [6.45, 7) is 8.72. The number of Topliss-reactive ketones (excluding diaryl/α,β-unsaturated/α-hetero) is 2. The van der Waals surface area contributed by atoms with Crippen LogP contribution in [-0.2, 0) is 23.9 Å². The SMILES string of the molecule is C/C=C/C=C/C(=O)[C@@H]1[C@@H]([C@@]2(C)OC(=O)C(C)=C2O)[C@H]2\C(=C(O)/C=C/C=C/C)C(=O)[C@@]1(C)C(=O)[C@@]2(C)O. The average molecular weight is 497 g/mol. The van der Waals surface area contributed by atoms with Gasteiger partial charge in [-0.3, -0.25) is 14.4 Å². The Kier molecular flexibility index (Phi) is 6.89. The molecule has 3 saturated carbocycles. The molecule has 1 heterocycles. The molecule has 8 nitrogen and oxygen atoms in total. The molecule has 0 aromatic carbocycles. The van der Waals surface area contributed by atoms with Gasteiger partial charge in [-0.15, -0.1) is 0 Å². The fraction of sp³-hybridized carbons (Fsp3) is 0.429. The Morgan fingerprint density at radius 3 is 2.03 bits per heavy atom. The summed E-state index contributed by atoms with van der Waals surface area (Å²) in [5.74, 6) is -8.17. The molecule has 0 radical (unpaired) electrons. The van der Waals surface area contributed by atoms with Crippen LogP contribution in [0.2, 0.25) is 0 Å². The van der Waals surface area contributed by atoms with Crippen molar-refractivity contribution >= 4 is 23.3 Å². The lowest BCUT2D eigenvalue weighted by Gasteiger charge is -2.60. The summed E-state index contributed by atoms with van der Waals surface area (Å²) >= 11 is 0. The second-order valence-electron chi connectivity index (χ2n) is 9.93. The quantitative estimate of drug-likeness (QED) is 0.167. The number of fused-ring (bicyclic) bond motifs is 3. The van der Waals surface area contributed by atoms with Crippen molar-refractivity contribution in [2.45, 2.75) is 52.7 Å². The van der Waals surface area contributed by atoms with Crippen LogP contribution in [0.5, 0.6) is 0 Å². The molecule has 4 aliphatic rings. The van der Waals surface area contributed by atoms with Crippen molar-refractivity contribution in [2.24, 2.45) is 23.2 Å². The number of allylic oxidation sites excluding steroid dienone is 8. The third-order valence-electron chi connectivity index (χ3n) is 7.68. The number of rotatable bonds is 6. The van der Waals surface area contributed by atoms with E-state index < -0.39 is 69.2 Å². The first-order valence-corrected chi connectivity index (χ1v) is 11.7. The van der Waals surface area contributed by atoms with Gasteiger partial charge in [-0.05, 0) is 53.7 Å². The number of aliphatic hydroxyl groups excluding tert-OH is 2. The summed E-state index contributed by atoms with van der Waals surface area (Å²) < 4.78 is 5.59. The van der Waals surface area contributed by atoms with Crippen molar-refractivity contribution < 1.29 is 39.2 Å². The molecule has 8 heteroatoms. The molecule has 36 heavy (non-hydrogen) atoms. The van der Waals surface area contributed by atoms with Crippen LogP contribution >= 0.6 is 0 Å². The monoisotopic (exact) mass is 496 g/mol. The Morgan fingerprint density at radius 1 is 0.972 bits per heavy atom. The summed E-state index contributed by atoms with van der Waals surface area (Å²) in [7, 11) is 0. The van der Waals surface area contributed by atoms with E-state index in [0.29, 0.717) is 0 Å². The fourth-order valence-corrected chi connectivity index (χ4v) is 5.93. The van der Waals surface area contributed by atoms with Gasteiger partial charge in [-0.25, -0.2) is 4.79 Å². The van der Waals surface area contributed by atoms with Gasteiger partial charge in [0.15, 0.2) is 23.0 Å². The second kappa shape index (κ2) is 9.17. The minimum absolute atomic E-state index is 0.0835. The maximum absolute atomic E-state index is 13.8. The standard InChI is InChI=1S/C28H32O8/c1-7-9-11-13-16(29)18-20-21(28(6)22(31)15(3)24(33)36-28)19(17(30)14-12-10-8-2)26(4,23(18)32)25(34)27(20,5)35/h7-14,19-21,29,31,35H,1-6H3/b9-7+,10-8+,13-11+,14-12+,18-16-/t19-,20-,21-,26+,27+,28-/m1/s1. The van der Waals surface area contributed by atoms with Crippen LogP contribution in [-0.4, -0.2) is 49.8 Å². The number of hydrogen-bond donors (Lipinski definition) is 3. The Morgan fingerprint density at radius 2 is 1.53 bits per heavy atom. The molecule has 0 aromatic heterocycles. The zero-order chi connectivity index (χ0) is 27.2. The van der Waals surface area contributed by atoms with Crippen molar-refractivity contribution in [2.75, 3.05) is 0 Å². The van der Waals surface area contributed by atoms with Crippen LogP contribution in [0.15, 0.2) is 71.3 Å². The molecular formula is C28H32O8. The highest BCUT2D eigenvalue weighted by Crippen LogP contribution is 2.64. The zero-order valence-corrected chi connectivity index (χ0v) is 21.2. The van der Waals surface area contributed by atoms with Gasteiger partial charge in [-0.1, -0.05) is 36.5 Å². The van der Waals surface area contributed by atoms with E-state index in [2.05, 4.69) is 0 Å². The van der Waals surface area contributed by atoms with Gasteiger partial charge in [0.1, 0.15) is 22.5 Å². The van der Waals surface area contributed by atoms with Crippen LogP contribution in [0, 0.1) is 23.2 Å². The molecule has 0 spiro atoms. The van der Waals surface area contributed by atoms with Crippen molar-refractivity contribution in [3.63, 3.8) is 0 Å². The van der Waals surface area contributed by atoms with Crippen LogP contribution in [0.4, 0.5) is 0 Å². The van der Waals surface area contributed by atoms with E-state index in [1.165, 1.54) is 52.0 Å². The maximum Gasteiger partial charge on any atom is 0.338 e. The first kappa shape index (κ1) is 27.1. The smallest absolute Gasteiger partial charge is 0.338 e. The third kappa shape index (κ3) is 3.63. The average Bonchev–Trinajstić information content (AvgIpc) is 3.01. The minimum atomic E-state index is -2.22. The highest BCUT2D eigenvalue weighted by Gasteiger charge is 2.77. The topological polar surface area (TPSA) is 138 Å². The summed E-state index contributed by atoms with van der Waals surface area (Å²) in [6.07, 6.45) is 12.0. The Bertz CT molecular complexity index is 1210. The molecule has 192 valence electrons. The normalized spacial score (nSPS) is 38.4. The molecule has 2 bridgehead atoms. The third-order valence-corrected chi connectivity index (χ3v) is 7.68. The summed E-state index contributed by atoms with van der Waals surface area (Å²) in [5, 5.41) is 33.5. The Balaban J connectivity index is 2.41. The zero-order valence-electron chi connectivity index (χ0n) is 21.2. The van der Waals surface area contributed by atoms with Gasteiger partial charge in [0.2, 0.25) is 0 Å². The number of esters is 1. The lowest BCUT2D eigenvalue weighted by Crippen LogP contribution is -2.75. The van der Waals surface area contributed by atoms with Gasteiger partial charge in [-0.2, -0.15) is 0 Å². The summed E-state index contributed by atoms with van der Waals surface area (Å²) in [4.78, 5) is 53.5. The molecule has 0 unspecified atom stereocenters. The number of carbonyl (C=O) groups is 4. The van der Waals surface area contributed by atoms with Crippen LogP contribution in [0.3, 0.4) is 0 Å². The van der Waals surface area contributed by atoms with E-state index >= 15 is 0 Å². The molecule has 0 saturated heterocycles. The molecule has 3 fully saturated rings. The largest absolute Gasteiger partial charge is 0.508 e. The molecule has 6 atom stereocenters. The van der Waals surface area contributed by atoms with E-state index in [1.54, 1.807) is 38.2 Å². The van der Waals surface area contributed by atoms with Crippen LogP contribution < -0.4 is 0 Å². The van der Waals surface area contributed by atoms with Gasteiger partial charge in [0, 0.05) is 23.3 Å². The summed E-state index contributed by atoms with van der Waals surface area (Å²) in [6, 6.07) is 0. The maximum atomic E-state index is 13.8. The predicted octanol–water partition coefficient (Wildman–Crippen LogP) is 3.55. The van der Waals surface area contributed by atoms with Crippen LogP contribution in [0.1, 0.15) is 41.5 Å². The first-order valence-electron chi connectivity index (χ1n) is 11.7. The molecule has 0 amide bonds. The fourth-order valence-electron chi connectivity index (χ4n) is 5.93. The molecule has 3 N–H and O–H groups in total. The number of hydrogen-bond acceptors (Lipinski definition) is 8. The number of cyclic esters (lactones) is 1.